The molecule has 0 amide bonds. The van der Waals surface area contributed by atoms with Gasteiger partial charge in [-0.15, -0.1) is 0 Å². The predicted octanol–water partition coefficient (Wildman–Crippen LogP) is 2.04. The molecule has 0 aliphatic carbocycles. The van der Waals surface area contributed by atoms with Crippen LogP contribution in [0.3, 0.4) is 0 Å². The van der Waals surface area contributed by atoms with Crippen molar-refractivity contribution in [2.45, 2.75) is 19.6 Å². The Morgan fingerprint density at radius 2 is 2.00 bits per heavy atom. The molecule has 1 rings (SSSR count). The highest BCUT2D eigenvalue weighted by atomic mass is 16.5. The topological polar surface area (TPSA) is 14.2 Å². The molecule has 0 saturated carbocycles. The Morgan fingerprint density at radius 3 is 2.40 bits per heavy atom. The predicted molar refractivity (Wildman–Crippen MR) is 40.8 cm³/mol. The van der Waals surface area contributed by atoms with Gasteiger partial charge in [0.1, 0.15) is 6.23 Å². The summed E-state index contributed by atoms with van der Waals surface area (Å²) in [6, 6.07) is 4.00. The summed E-state index contributed by atoms with van der Waals surface area (Å²) in [7, 11) is 1.73. The van der Waals surface area contributed by atoms with Crippen LogP contribution in [-0.2, 0) is 4.74 Å². The van der Waals surface area contributed by atoms with Crippen molar-refractivity contribution in [3.8, 4) is 0 Å². The van der Waals surface area contributed by atoms with E-state index in [-0.39, 0.29) is 6.23 Å². The zero-order valence-electron chi connectivity index (χ0n) is 6.45. The summed E-state index contributed by atoms with van der Waals surface area (Å²) in [5.41, 5.74) is 0. The Bertz CT molecular complexity index is 165. The molecule has 2 nitrogen and oxygen atoms in total. The van der Waals surface area contributed by atoms with Gasteiger partial charge in [-0.2, -0.15) is 0 Å². The summed E-state index contributed by atoms with van der Waals surface area (Å²) in [6.07, 6.45) is 5.23. The standard InChI is InChI=1S/C8H13NO/c1-3-8(10-2)9-6-4-5-7-9/h4-8H,3H2,1-2H3. The van der Waals surface area contributed by atoms with Gasteiger partial charge in [0.25, 0.3) is 0 Å². The second-order valence-corrected chi connectivity index (χ2v) is 2.23. The molecule has 1 aromatic rings. The van der Waals surface area contributed by atoms with Crippen molar-refractivity contribution in [2.24, 2.45) is 0 Å². The van der Waals surface area contributed by atoms with Crippen LogP contribution in [0, 0.1) is 0 Å². The van der Waals surface area contributed by atoms with Crippen LogP contribution < -0.4 is 0 Å². The minimum Gasteiger partial charge on any atom is -0.361 e. The minimum absolute atomic E-state index is 0.204. The van der Waals surface area contributed by atoms with E-state index in [4.69, 9.17) is 4.74 Å². The van der Waals surface area contributed by atoms with Crippen molar-refractivity contribution in [3.05, 3.63) is 24.5 Å². The molecule has 0 saturated heterocycles. The summed E-state index contributed by atoms with van der Waals surface area (Å²) in [4.78, 5) is 0. The molecule has 0 radical (unpaired) electrons. The third-order valence-corrected chi connectivity index (χ3v) is 1.58. The average molecular weight is 139 g/mol. The molecule has 0 N–H and O–H groups in total. The van der Waals surface area contributed by atoms with E-state index in [1.165, 1.54) is 0 Å². The summed E-state index contributed by atoms with van der Waals surface area (Å²) < 4.78 is 7.26. The van der Waals surface area contributed by atoms with Crippen LogP contribution in [0.2, 0.25) is 0 Å². The highest BCUT2D eigenvalue weighted by Crippen LogP contribution is 2.10. The number of hydrogen-bond donors (Lipinski definition) is 0. The lowest BCUT2D eigenvalue weighted by Gasteiger charge is -2.14. The Kier molecular flexibility index (Phi) is 2.51. The quantitative estimate of drug-likeness (QED) is 0.625. The highest BCUT2D eigenvalue weighted by molar-refractivity contribution is 4.91. The molecular formula is C8H13NO. The molecule has 56 valence electrons. The highest BCUT2D eigenvalue weighted by Gasteiger charge is 2.02. The van der Waals surface area contributed by atoms with Crippen molar-refractivity contribution in [2.75, 3.05) is 7.11 Å². The molecule has 0 bridgehead atoms. The van der Waals surface area contributed by atoms with Crippen LogP contribution in [0.5, 0.6) is 0 Å². The van der Waals surface area contributed by atoms with E-state index in [1.54, 1.807) is 7.11 Å². The maximum absolute atomic E-state index is 5.21. The van der Waals surface area contributed by atoms with Crippen molar-refractivity contribution < 1.29 is 4.74 Å². The minimum atomic E-state index is 0.204. The van der Waals surface area contributed by atoms with E-state index in [0.29, 0.717) is 0 Å². The zero-order valence-corrected chi connectivity index (χ0v) is 6.45. The number of hydrogen-bond acceptors (Lipinski definition) is 1. The lowest BCUT2D eigenvalue weighted by atomic mass is 10.4. The molecule has 1 aromatic heterocycles. The lowest BCUT2D eigenvalue weighted by Crippen LogP contribution is -2.06. The molecule has 0 aliphatic rings. The second kappa shape index (κ2) is 3.42. The van der Waals surface area contributed by atoms with Gasteiger partial charge < -0.3 is 9.30 Å². The fourth-order valence-corrected chi connectivity index (χ4v) is 1.04. The van der Waals surface area contributed by atoms with Gasteiger partial charge in [-0.3, -0.25) is 0 Å². The number of rotatable bonds is 3. The number of methoxy groups -OCH3 is 1. The summed E-state index contributed by atoms with van der Waals surface area (Å²) in [6.45, 7) is 2.11. The Balaban J connectivity index is 2.64. The smallest absolute Gasteiger partial charge is 0.132 e. The monoisotopic (exact) mass is 139 g/mol. The first kappa shape index (κ1) is 7.35. The molecule has 0 fully saturated rings. The zero-order chi connectivity index (χ0) is 7.40. The van der Waals surface area contributed by atoms with Crippen LogP contribution in [0.15, 0.2) is 24.5 Å². The lowest BCUT2D eigenvalue weighted by molar-refractivity contribution is 0.0414. The van der Waals surface area contributed by atoms with Gasteiger partial charge in [0, 0.05) is 19.5 Å². The number of ether oxygens (including phenoxy) is 1. The fraction of sp³-hybridized carbons (Fsp3) is 0.500. The van der Waals surface area contributed by atoms with Crippen LogP contribution in [0.1, 0.15) is 19.6 Å². The largest absolute Gasteiger partial charge is 0.361 e. The second-order valence-electron chi connectivity index (χ2n) is 2.23. The fourth-order valence-electron chi connectivity index (χ4n) is 1.04. The third kappa shape index (κ3) is 1.39. The molecule has 10 heavy (non-hydrogen) atoms. The number of nitrogens with zero attached hydrogens (tertiary/aromatic N) is 1. The van der Waals surface area contributed by atoms with Gasteiger partial charge in [-0.1, -0.05) is 6.92 Å². The molecule has 2 heteroatoms. The van der Waals surface area contributed by atoms with E-state index in [2.05, 4.69) is 11.5 Å². The average Bonchev–Trinajstić information content (AvgIpc) is 2.43. The van der Waals surface area contributed by atoms with Gasteiger partial charge in [0.15, 0.2) is 0 Å². The normalized spacial score (nSPS) is 13.4. The van der Waals surface area contributed by atoms with E-state index < -0.39 is 0 Å². The first-order valence-corrected chi connectivity index (χ1v) is 3.53. The van der Waals surface area contributed by atoms with Crippen LogP contribution >= 0.6 is 0 Å². The first-order valence-electron chi connectivity index (χ1n) is 3.53. The van der Waals surface area contributed by atoms with E-state index >= 15 is 0 Å². The first-order chi connectivity index (χ1) is 4.88. The van der Waals surface area contributed by atoms with Gasteiger partial charge in [0.2, 0.25) is 0 Å². The van der Waals surface area contributed by atoms with Crippen LogP contribution in [-0.4, -0.2) is 11.7 Å². The summed E-state index contributed by atoms with van der Waals surface area (Å²) in [5.74, 6) is 0. The Hall–Kier alpha value is -0.760. The molecule has 0 aromatic carbocycles. The maximum atomic E-state index is 5.21. The van der Waals surface area contributed by atoms with Crippen molar-refractivity contribution in [1.82, 2.24) is 4.57 Å². The molecule has 0 aliphatic heterocycles. The Morgan fingerprint density at radius 1 is 1.40 bits per heavy atom. The van der Waals surface area contributed by atoms with Gasteiger partial charge in [-0.05, 0) is 18.6 Å². The Labute approximate surface area is 61.4 Å². The van der Waals surface area contributed by atoms with Gasteiger partial charge in [-0.25, -0.2) is 0 Å². The van der Waals surface area contributed by atoms with Gasteiger partial charge in [0.05, 0.1) is 0 Å². The van der Waals surface area contributed by atoms with Gasteiger partial charge >= 0.3 is 0 Å². The molecular weight excluding hydrogens is 126 g/mol. The molecule has 1 heterocycles. The van der Waals surface area contributed by atoms with Crippen molar-refractivity contribution in [1.29, 1.82) is 0 Å². The van der Waals surface area contributed by atoms with Crippen LogP contribution in [0.4, 0.5) is 0 Å². The van der Waals surface area contributed by atoms with E-state index in [1.807, 2.05) is 24.5 Å². The molecule has 1 atom stereocenters. The summed E-state index contributed by atoms with van der Waals surface area (Å²) >= 11 is 0. The molecule has 1 unspecified atom stereocenters. The van der Waals surface area contributed by atoms with E-state index in [9.17, 15) is 0 Å². The number of aromatic nitrogens is 1. The third-order valence-electron chi connectivity index (χ3n) is 1.58. The molecule has 0 spiro atoms. The SMILES string of the molecule is CCC(OC)n1cccc1. The van der Waals surface area contributed by atoms with Crippen LogP contribution in [0.25, 0.3) is 0 Å². The van der Waals surface area contributed by atoms with Crippen molar-refractivity contribution in [3.63, 3.8) is 0 Å². The summed E-state index contributed by atoms with van der Waals surface area (Å²) in [5, 5.41) is 0. The van der Waals surface area contributed by atoms with Crippen molar-refractivity contribution >= 4 is 0 Å². The van der Waals surface area contributed by atoms with E-state index in [0.717, 1.165) is 6.42 Å². The maximum Gasteiger partial charge on any atom is 0.132 e.